The standard InChI is InChI=1S/C16H12N4O/c1-20(15-5-3-2-4-12(15)9-17)16(21)11-6-7-13-14(8-11)19-10-18-13/h2-8,10H,1H3,(H,18,19). The number of H-pyrrole nitrogens is 1. The summed E-state index contributed by atoms with van der Waals surface area (Å²) in [6.45, 7) is 0. The van der Waals surface area contributed by atoms with E-state index in [2.05, 4.69) is 16.0 Å². The van der Waals surface area contributed by atoms with Crippen LogP contribution in [0, 0.1) is 11.3 Å². The minimum absolute atomic E-state index is 0.172. The number of nitrogens with one attached hydrogen (secondary N) is 1. The first-order valence-corrected chi connectivity index (χ1v) is 6.41. The van der Waals surface area contributed by atoms with Crippen molar-refractivity contribution in [3.63, 3.8) is 0 Å². The van der Waals surface area contributed by atoms with Crippen molar-refractivity contribution < 1.29 is 4.79 Å². The van der Waals surface area contributed by atoms with Crippen molar-refractivity contribution in [1.29, 1.82) is 5.26 Å². The van der Waals surface area contributed by atoms with Gasteiger partial charge in [0.15, 0.2) is 0 Å². The molecule has 1 heterocycles. The Kier molecular flexibility index (Phi) is 3.13. The van der Waals surface area contributed by atoms with Crippen molar-refractivity contribution in [2.45, 2.75) is 0 Å². The van der Waals surface area contributed by atoms with Gasteiger partial charge in [0, 0.05) is 12.6 Å². The lowest BCUT2D eigenvalue weighted by molar-refractivity contribution is 0.0993. The maximum Gasteiger partial charge on any atom is 0.258 e. The molecule has 5 nitrogen and oxygen atoms in total. The van der Waals surface area contributed by atoms with Crippen LogP contribution in [0.15, 0.2) is 48.8 Å². The zero-order valence-corrected chi connectivity index (χ0v) is 11.4. The SMILES string of the molecule is CN(C(=O)c1ccc2nc[nH]c2c1)c1ccccc1C#N. The second-order valence-electron chi connectivity index (χ2n) is 4.63. The van der Waals surface area contributed by atoms with Gasteiger partial charge in [-0.25, -0.2) is 4.98 Å². The van der Waals surface area contributed by atoms with Gasteiger partial charge in [0.1, 0.15) is 6.07 Å². The number of amides is 1. The molecule has 0 saturated heterocycles. The monoisotopic (exact) mass is 276 g/mol. The predicted molar refractivity (Wildman–Crippen MR) is 80.0 cm³/mol. The summed E-state index contributed by atoms with van der Waals surface area (Å²) in [5, 5.41) is 9.13. The number of aromatic nitrogens is 2. The van der Waals surface area contributed by atoms with E-state index < -0.39 is 0 Å². The highest BCUT2D eigenvalue weighted by Gasteiger charge is 2.16. The average Bonchev–Trinajstić information content (AvgIpc) is 3.00. The normalized spacial score (nSPS) is 10.3. The van der Waals surface area contributed by atoms with E-state index in [9.17, 15) is 4.79 Å². The number of para-hydroxylation sites is 1. The summed E-state index contributed by atoms with van der Waals surface area (Å²) in [6, 6.07) is 14.4. The molecule has 0 aliphatic carbocycles. The number of benzene rings is 2. The summed E-state index contributed by atoms with van der Waals surface area (Å²) < 4.78 is 0. The molecule has 102 valence electrons. The Labute approximate surface area is 121 Å². The number of anilines is 1. The van der Waals surface area contributed by atoms with Crippen LogP contribution in [0.25, 0.3) is 11.0 Å². The molecule has 0 saturated carbocycles. The Bertz CT molecular complexity index is 860. The number of carbonyl (C=O) groups excluding carboxylic acids is 1. The van der Waals surface area contributed by atoms with E-state index in [-0.39, 0.29) is 5.91 Å². The Hall–Kier alpha value is -3.13. The van der Waals surface area contributed by atoms with Gasteiger partial charge in [-0.1, -0.05) is 12.1 Å². The summed E-state index contributed by atoms with van der Waals surface area (Å²) in [7, 11) is 1.66. The molecule has 1 aromatic heterocycles. The van der Waals surface area contributed by atoms with Gasteiger partial charge in [-0.05, 0) is 30.3 Å². The van der Waals surface area contributed by atoms with Crippen LogP contribution in [-0.2, 0) is 0 Å². The van der Waals surface area contributed by atoms with Crippen LogP contribution in [0.4, 0.5) is 5.69 Å². The summed E-state index contributed by atoms with van der Waals surface area (Å²) >= 11 is 0. The van der Waals surface area contributed by atoms with Gasteiger partial charge in [-0.3, -0.25) is 4.79 Å². The molecule has 2 aromatic carbocycles. The zero-order chi connectivity index (χ0) is 14.8. The van der Waals surface area contributed by atoms with E-state index in [1.165, 1.54) is 4.90 Å². The fourth-order valence-electron chi connectivity index (χ4n) is 2.23. The van der Waals surface area contributed by atoms with E-state index in [1.54, 1.807) is 55.8 Å². The van der Waals surface area contributed by atoms with Crippen LogP contribution in [0.2, 0.25) is 0 Å². The zero-order valence-electron chi connectivity index (χ0n) is 11.4. The fraction of sp³-hybridized carbons (Fsp3) is 0.0625. The minimum atomic E-state index is -0.172. The lowest BCUT2D eigenvalue weighted by Gasteiger charge is -2.18. The number of imidazole rings is 1. The van der Waals surface area contributed by atoms with Crippen molar-refractivity contribution in [1.82, 2.24) is 9.97 Å². The summed E-state index contributed by atoms with van der Waals surface area (Å²) in [5.41, 5.74) is 3.22. The van der Waals surface area contributed by atoms with Crippen molar-refractivity contribution in [3.8, 4) is 6.07 Å². The van der Waals surface area contributed by atoms with Crippen LogP contribution in [0.1, 0.15) is 15.9 Å². The number of fused-ring (bicyclic) bond motifs is 1. The van der Waals surface area contributed by atoms with E-state index in [1.807, 2.05) is 0 Å². The van der Waals surface area contributed by atoms with Gasteiger partial charge in [-0.2, -0.15) is 5.26 Å². The molecular formula is C16H12N4O. The smallest absolute Gasteiger partial charge is 0.258 e. The highest BCUT2D eigenvalue weighted by Crippen LogP contribution is 2.21. The second-order valence-corrected chi connectivity index (χ2v) is 4.63. The van der Waals surface area contributed by atoms with Gasteiger partial charge in [0.05, 0.1) is 28.6 Å². The number of nitrogens with zero attached hydrogens (tertiary/aromatic N) is 3. The number of nitriles is 1. The third kappa shape index (κ3) is 2.23. The van der Waals surface area contributed by atoms with Crippen LogP contribution in [-0.4, -0.2) is 22.9 Å². The van der Waals surface area contributed by atoms with Gasteiger partial charge in [0.2, 0.25) is 0 Å². The molecular weight excluding hydrogens is 264 g/mol. The van der Waals surface area contributed by atoms with Crippen LogP contribution >= 0.6 is 0 Å². The molecule has 1 N–H and O–H groups in total. The Balaban J connectivity index is 1.99. The molecule has 0 radical (unpaired) electrons. The van der Waals surface area contributed by atoms with E-state index in [0.29, 0.717) is 16.8 Å². The summed E-state index contributed by atoms with van der Waals surface area (Å²) in [4.78, 5) is 21.2. The maximum absolute atomic E-state index is 12.6. The second kappa shape index (κ2) is 5.10. The topological polar surface area (TPSA) is 72.8 Å². The van der Waals surface area contributed by atoms with Gasteiger partial charge < -0.3 is 9.88 Å². The van der Waals surface area contributed by atoms with Gasteiger partial charge in [-0.15, -0.1) is 0 Å². The van der Waals surface area contributed by atoms with Crippen LogP contribution in [0.5, 0.6) is 0 Å². The van der Waals surface area contributed by atoms with Crippen molar-refractivity contribution in [3.05, 3.63) is 59.9 Å². The molecule has 3 aromatic rings. The van der Waals surface area contributed by atoms with E-state index in [4.69, 9.17) is 5.26 Å². The third-order valence-electron chi connectivity index (χ3n) is 3.36. The third-order valence-corrected chi connectivity index (χ3v) is 3.36. The van der Waals surface area contributed by atoms with E-state index >= 15 is 0 Å². The molecule has 0 aliphatic rings. The number of carbonyl (C=O) groups is 1. The Morgan fingerprint density at radius 2 is 2.10 bits per heavy atom. The first-order chi connectivity index (χ1) is 10.2. The minimum Gasteiger partial charge on any atom is -0.345 e. The van der Waals surface area contributed by atoms with E-state index in [0.717, 1.165) is 11.0 Å². The van der Waals surface area contributed by atoms with Crippen molar-refractivity contribution >= 4 is 22.6 Å². The molecule has 0 spiro atoms. The fourth-order valence-corrected chi connectivity index (χ4v) is 2.23. The van der Waals surface area contributed by atoms with Crippen molar-refractivity contribution in [2.24, 2.45) is 0 Å². The number of rotatable bonds is 2. The molecule has 1 amide bonds. The Morgan fingerprint density at radius 1 is 1.29 bits per heavy atom. The maximum atomic E-state index is 12.6. The number of hydrogen-bond donors (Lipinski definition) is 1. The average molecular weight is 276 g/mol. The summed E-state index contributed by atoms with van der Waals surface area (Å²) in [6.07, 6.45) is 1.59. The molecule has 0 aliphatic heterocycles. The first kappa shape index (κ1) is 12.9. The molecule has 0 fully saturated rings. The highest BCUT2D eigenvalue weighted by atomic mass is 16.2. The predicted octanol–water partition coefficient (Wildman–Crippen LogP) is 2.71. The lowest BCUT2D eigenvalue weighted by atomic mass is 10.1. The van der Waals surface area contributed by atoms with Gasteiger partial charge >= 0.3 is 0 Å². The molecule has 0 unspecified atom stereocenters. The summed E-state index contributed by atoms with van der Waals surface area (Å²) in [5.74, 6) is -0.172. The quantitative estimate of drug-likeness (QED) is 0.782. The van der Waals surface area contributed by atoms with Crippen molar-refractivity contribution in [2.75, 3.05) is 11.9 Å². The van der Waals surface area contributed by atoms with Crippen LogP contribution in [0.3, 0.4) is 0 Å². The number of hydrogen-bond acceptors (Lipinski definition) is 3. The molecule has 0 bridgehead atoms. The molecule has 21 heavy (non-hydrogen) atoms. The Morgan fingerprint density at radius 3 is 2.90 bits per heavy atom. The van der Waals surface area contributed by atoms with Crippen LogP contribution < -0.4 is 4.90 Å². The lowest BCUT2D eigenvalue weighted by Crippen LogP contribution is -2.26. The first-order valence-electron chi connectivity index (χ1n) is 6.41. The van der Waals surface area contributed by atoms with Gasteiger partial charge in [0.25, 0.3) is 5.91 Å². The molecule has 0 atom stereocenters. The molecule has 5 heteroatoms. The largest absolute Gasteiger partial charge is 0.345 e. The number of aromatic amines is 1. The highest BCUT2D eigenvalue weighted by molar-refractivity contribution is 6.07. The molecule has 3 rings (SSSR count).